The molecule has 1 N–H and O–H groups in total. The maximum absolute atomic E-state index is 12.7. The molecule has 2 aromatic rings. The molecule has 3 rings (SSSR count). The van der Waals surface area contributed by atoms with Crippen LogP contribution in [0.3, 0.4) is 0 Å². The predicted molar refractivity (Wildman–Crippen MR) is 101 cm³/mol. The van der Waals surface area contributed by atoms with Gasteiger partial charge in [-0.3, -0.25) is 9.59 Å². The number of nitrogens with one attached hydrogen (secondary N) is 1. The Morgan fingerprint density at radius 2 is 2.08 bits per heavy atom. The Kier molecular flexibility index (Phi) is 5.87. The summed E-state index contributed by atoms with van der Waals surface area (Å²) in [7, 11) is 0. The summed E-state index contributed by atoms with van der Waals surface area (Å²) in [5.41, 5.74) is 1.91. The van der Waals surface area contributed by atoms with Gasteiger partial charge in [0.2, 0.25) is 5.91 Å². The highest BCUT2D eigenvalue weighted by Crippen LogP contribution is 2.33. The molecular formula is C20H24N2O2S. The Morgan fingerprint density at radius 1 is 1.28 bits per heavy atom. The van der Waals surface area contributed by atoms with Crippen LogP contribution in [0.1, 0.15) is 48.0 Å². The van der Waals surface area contributed by atoms with Gasteiger partial charge < -0.3 is 10.2 Å². The molecule has 2 atom stereocenters. The molecule has 4 nitrogen and oxygen atoms in total. The van der Waals surface area contributed by atoms with Gasteiger partial charge in [-0.15, -0.1) is 0 Å². The number of carbonyl (C=O) groups excluding carboxylic acids is 2. The second-order valence-electron chi connectivity index (χ2n) is 6.42. The Bertz CT molecular complexity index is 700. The Balaban J connectivity index is 1.64. The summed E-state index contributed by atoms with van der Waals surface area (Å²) < 4.78 is 0. The van der Waals surface area contributed by atoms with Crippen molar-refractivity contribution in [2.45, 2.75) is 38.1 Å². The van der Waals surface area contributed by atoms with E-state index in [0.717, 1.165) is 25.8 Å². The third kappa shape index (κ3) is 4.10. The second kappa shape index (κ2) is 8.30. The summed E-state index contributed by atoms with van der Waals surface area (Å²) in [6.07, 6.45) is 3.05. The van der Waals surface area contributed by atoms with Crippen LogP contribution in [0.25, 0.3) is 0 Å². The van der Waals surface area contributed by atoms with Gasteiger partial charge in [0.05, 0.1) is 6.54 Å². The highest BCUT2D eigenvalue weighted by molar-refractivity contribution is 7.08. The van der Waals surface area contributed by atoms with Crippen LogP contribution in [0.15, 0.2) is 47.2 Å². The molecular weight excluding hydrogens is 332 g/mol. The topological polar surface area (TPSA) is 49.4 Å². The van der Waals surface area contributed by atoms with Gasteiger partial charge in [-0.1, -0.05) is 37.3 Å². The van der Waals surface area contributed by atoms with Gasteiger partial charge in [0.1, 0.15) is 0 Å². The molecule has 1 aromatic heterocycles. The summed E-state index contributed by atoms with van der Waals surface area (Å²) in [6, 6.07) is 12.4. The minimum atomic E-state index is -0.180. The number of carbonyl (C=O) groups is 2. The number of amides is 2. The standard InChI is InChI=1S/C20H24N2O2S/c1-2-17(15-7-4-3-5-8-15)18-9-6-11-22(18)19(23)13-21-20(24)16-10-12-25-14-16/h3-5,7-8,10,12,14,17-18H,2,6,9,11,13H2,1H3,(H,21,24)/t17-,18+/m0/s1. The van der Waals surface area contributed by atoms with E-state index >= 15 is 0 Å². The van der Waals surface area contributed by atoms with E-state index in [1.807, 2.05) is 16.3 Å². The molecule has 25 heavy (non-hydrogen) atoms. The van der Waals surface area contributed by atoms with Crippen LogP contribution in [-0.4, -0.2) is 35.8 Å². The fourth-order valence-corrected chi connectivity index (χ4v) is 4.34. The molecule has 0 radical (unpaired) electrons. The molecule has 0 spiro atoms. The van der Waals surface area contributed by atoms with Gasteiger partial charge in [-0.2, -0.15) is 11.3 Å². The summed E-state index contributed by atoms with van der Waals surface area (Å²) in [4.78, 5) is 26.7. The SMILES string of the molecule is CC[C@@H](c1ccccc1)[C@H]1CCCN1C(=O)CNC(=O)c1ccsc1. The molecule has 5 heteroatoms. The van der Waals surface area contributed by atoms with Gasteiger partial charge in [-0.05, 0) is 36.3 Å². The van der Waals surface area contributed by atoms with Gasteiger partial charge >= 0.3 is 0 Å². The van der Waals surface area contributed by atoms with Crippen LogP contribution in [0, 0.1) is 0 Å². The fraction of sp³-hybridized carbons (Fsp3) is 0.400. The van der Waals surface area contributed by atoms with Crippen molar-refractivity contribution in [1.82, 2.24) is 10.2 Å². The predicted octanol–water partition coefficient (Wildman–Crippen LogP) is 3.66. The molecule has 1 saturated heterocycles. The molecule has 0 bridgehead atoms. The van der Waals surface area contributed by atoms with Gasteiger partial charge in [-0.25, -0.2) is 0 Å². The van der Waals surface area contributed by atoms with Crippen LogP contribution in [0.4, 0.5) is 0 Å². The third-order valence-electron chi connectivity index (χ3n) is 4.94. The van der Waals surface area contributed by atoms with Crippen molar-refractivity contribution in [1.29, 1.82) is 0 Å². The number of rotatable bonds is 6. The summed E-state index contributed by atoms with van der Waals surface area (Å²) in [5, 5.41) is 6.41. The first-order chi connectivity index (χ1) is 12.2. The number of nitrogens with zero attached hydrogens (tertiary/aromatic N) is 1. The number of likely N-dealkylation sites (tertiary alicyclic amines) is 1. The minimum absolute atomic E-state index is 0.0143. The monoisotopic (exact) mass is 356 g/mol. The van der Waals surface area contributed by atoms with Crippen LogP contribution in [0.2, 0.25) is 0 Å². The largest absolute Gasteiger partial charge is 0.343 e. The summed E-state index contributed by atoms with van der Waals surface area (Å²) >= 11 is 1.48. The van der Waals surface area contributed by atoms with E-state index in [-0.39, 0.29) is 24.4 Å². The van der Waals surface area contributed by atoms with Crippen molar-refractivity contribution >= 4 is 23.2 Å². The van der Waals surface area contributed by atoms with Crippen LogP contribution in [-0.2, 0) is 4.79 Å². The minimum Gasteiger partial charge on any atom is -0.343 e. The molecule has 1 fully saturated rings. The average Bonchev–Trinajstić information content (AvgIpc) is 3.33. The molecule has 132 valence electrons. The highest BCUT2D eigenvalue weighted by Gasteiger charge is 2.34. The number of benzene rings is 1. The van der Waals surface area contributed by atoms with Crippen LogP contribution < -0.4 is 5.32 Å². The zero-order chi connectivity index (χ0) is 17.6. The van der Waals surface area contributed by atoms with Crippen molar-refractivity contribution < 1.29 is 9.59 Å². The van der Waals surface area contributed by atoms with E-state index in [1.165, 1.54) is 16.9 Å². The molecule has 1 aromatic carbocycles. The molecule has 2 heterocycles. The van der Waals surface area contributed by atoms with Crippen LogP contribution >= 0.6 is 11.3 Å². The molecule has 1 aliphatic heterocycles. The molecule has 0 saturated carbocycles. The quantitative estimate of drug-likeness (QED) is 0.859. The lowest BCUT2D eigenvalue weighted by Gasteiger charge is -2.31. The lowest BCUT2D eigenvalue weighted by molar-refractivity contribution is -0.131. The van der Waals surface area contributed by atoms with Crippen molar-refractivity contribution in [3.63, 3.8) is 0 Å². The van der Waals surface area contributed by atoms with Crippen LogP contribution in [0.5, 0.6) is 0 Å². The first kappa shape index (κ1) is 17.7. The first-order valence-electron chi connectivity index (χ1n) is 8.85. The van der Waals surface area contributed by atoms with Gasteiger partial charge in [0.15, 0.2) is 0 Å². The fourth-order valence-electron chi connectivity index (χ4n) is 3.70. The van der Waals surface area contributed by atoms with E-state index in [2.05, 4.69) is 36.5 Å². The third-order valence-corrected chi connectivity index (χ3v) is 5.62. The lowest BCUT2D eigenvalue weighted by Crippen LogP contribution is -2.44. The smallest absolute Gasteiger partial charge is 0.252 e. The number of hydrogen-bond acceptors (Lipinski definition) is 3. The number of hydrogen-bond donors (Lipinski definition) is 1. The maximum Gasteiger partial charge on any atom is 0.252 e. The highest BCUT2D eigenvalue weighted by atomic mass is 32.1. The number of thiophene rings is 1. The zero-order valence-electron chi connectivity index (χ0n) is 14.5. The van der Waals surface area contributed by atoms with E-state index in [4.69, 9.17) is 0 Å². The lowest BCUT2D eigenvalue weighted by atomic mass is 9.87. The molecule has 0 aliphatic carbocycles. The van der Waals surface area contributed by atoms with Crippen molar-refractivity contribution in [2.75, 3.05) is 13.1 Å². The Labute approximate surface area is 152 Å². The maximum atomic E-state index is 12.7. The van der Waals surface area contributed by atoms with Crippen molar-refractivity contribution in [3.8, 4) is 0 Å². The van der Waals surface area contributed by atoms with E-state index in [0.29, 0.717) is 11.5 Å². The van der Waals surface area contributed by atoms with Crippen molar-refractivity contribution in [2.24, 2.45) is 0 Å². The first-order valence-corrected chi connectivity index (χ1v) is 9.79. The normalized spacial score (nSPS) is 18.1. The molecule has 1 aliphatic rings. The molecule has 0 unspecified atom stereocenters. The Hall–Kier alpha value is -2.14. The average molecular weight is 356 g/mol. The summed E-state index contributed by atoms with van der Waals surface area (Å²) in [5.74, 6) is 0.182. The molecule has 2 amide bonds. The van der Waals surface area contributed by atoms with Gasteiger partial charge in [0.25, 0.3) is 5.91 Å². The van der Waals surface area contributed by atoms with E-state index in [9.17, 15) is 9.59 Å². The van der Waals surface area contributed by atoms with E-state index < -0.39 is 0 Å². The zero-order valence-corrected chi connectivity index (χ0v) is 15.3. The van der Waals surface area contributed by atoms with Gasteiger partial charge in [0, 0.05) is 29.4 Å². The second-order valence-corrected chi connectivity index (χ2v) is 7.20. The summed E-state index contributed by atoms with van der Waals surface area (Å²) in [6.45, 7) is 3.02. The van der Waals surface area contributed by atoms with Crippen molar-refractivity contribution in [3.05, 3.63) is 58.3 Å². The Morgan fingerprint density at radius 3 is 2.76 bits per heavy atom. The van der Waals surface area contributed by atoms with E-state index in [1.54, 1.807) is 11.4 Å².